The van der Waals surface area contributed by atoms with E-state index >= 15 is 0 Å². The van der Waals surface area contributed by atoms with Gasteiger partial charge in [0.25, 0.3) is 0 Å². The van der Waals surface area contributed by atoms with Gasteiger partial charge in [-0.3, -0.25) is 4.98 Å². The molecule has 1 heterocycles. The summed E-state index contributed by atoms with van der Waals surface area (Å²) in [6.07, 6.45) is 2.66. The van der Waals surface area contributed by atoms with Crippen LogP contribution >= 0.6 is 0 Å². The maximum Gasteiger partial charge on any atom is 0.0708 e. The number of benzene rings is 1. The van der Waals surface area contributed by atoms with Gasteiger partial charge in [0.05, 0.1) is 17.3 Å². The third-order valence-electron chi connectivity index (χ3n) is 3.67. The van der Waals surface area contributed by atoms with Gasteiger partial charge < -0.3 is 5.32 Å². The molecule has 2 aromatic rings. The lowest BCUT2D eigenvalue weighted by Crippen LogP contribution is -2.19. The average molecular weight is 226 g/mol. The van der Waals surface area contributed by atoms with Crippen molar-refractivity contribution >= 4 is 10.9 Å². The second-order valence-corrected chi connectivity index (χ2v) is 4.98. The van der Waals surface area contributed by atoms with Crippen LogP contribution in [0.2, 0.25) is 0 Å². The Bertz CT molecular complexity index is 544. The van der Waals surface area contributed by atoms with E-state index in [1.807, 2.05) is 7.05 Å². The minimum absolute atomic E-state index is 0.429. The number of hydrogen-bond acceptors (Lipinski definition) is 2. The third-order valence-corrected chi connectivity index (χ3v) is 3.67. The van der Waals surface area contributed by atoms with Gasteiger partial charge in [-0.2, -0.15) is 0 Å². The molecule has 1 aliphatic rings. The number of fused-ring (bicyclic) bond motifs is 1. The Hall–Kier alpha value is -1.41. The molecule has 1 aromatic heterocycles. The number of nitrogens with one attached hydrogen (secondary N) is 1. The first-order chi connectivity index (χ1) is 8.29. The summed E-state index contributed by atoms with van der Waals surface area (Å²) in [6, 6.07) is 11.1. The molecule has 0 spiro atoms. The highest BCUT2D eigenvalue weighted by atomic mass is 14.9. The maximum absolute atomic E-state index is 4.81. The van der Waals surface area contributed by atoms with Crippen LogP contribution in [0.25, 0.3) is 10.9 Å². The number of para-hydroxylation sites is 1. The van der Waals surface area contributed by atoms with Crippen molar-refractivity contribution in [1.82, 2.24) is 10.3 Å². The number of rotatable bonds is 3. The van der Waals surface area contributed by atoms with E-state index in [-0.39, 0.29) is 0 Å². The molecule has 0 saturated heterocycles. The molecule has 17 heavy (non-hydrogen) atoms. The van der Waals surface area contributed by atoms with E-state index in [9.17, 15) is 0 Å². The SMILES string of the molecule is CNC(c1cc(C)c2ccccc2n1)C1CC1. The Morgan fingerprint density at radius 3 is 2.76 bits per heavy atom. The Morgan fingerprint density at radius 1 is 1.29 bits per heavy atom. The van der Waals surface area contributed by atoms with Crippen LogP contribution in [0.3, 0.4) is 0 Å². The summed E-state index contributed by atoms with van der Waals surface area (Å²) in [5, 5.41) is 4.68. The standard InChI is InChI=1S/C15H18N2/c1-10-9-14(15(16-2)11-7-8-11)17-13-6-4-3-5-12(10)13/h3-6,9,11,15-16H,7-8H2,1-2H3. The molecule has 1 N–H and O–H groups in total. The molecule has 0 radical (unpaired) electrons. The normalized spacial score (nSPS) is 17.3. The molecule has 0 aliphatic heterocycles. The van der Waals surface area contributed by atoms with Crippen LogP contribution in [0.15, 0.2) is 30.3 Å². The summed E-state index contributed by atoms with van der Waals surface area (Å²) >= 11 is 0. The predicted molar refractivity (Wildman–Crippen MR) is 71.0 cm³/mol. The summed E-state index contributed by atoms with van der Waals surface area (Å²) < 4.78 is 0. The van der Waals surface area contributed by atoms with E-state index in [1.54, 1.807) is 0 Å². The van der Waals surface area contributed by atoms with E-state index in [2.05, 4.69) is 42.6 Å². The van der Waals surface area contributed by atoms with Crippen LogP contribution in [0.1, 0.15) is 30.1 Å². The monoisotopic (exact) mass is 226 g/mol. The maximum atomic E-state index is 4.81. The number of nitrogens with zero attached hydrogens (tertiary/aromatic N) is 1. The van der Waals surface area contributed by atoms with E-state index in [0.717, 1.165) is 11.4 Å². The molecule has 1 fully saturated rings. The van der Waals surface area contributed by atoms with Gasteiger partial charge in [0.1, 0.15) is 0 Å². The van der Waals surface area contributed by atoms with Gasteiger partial charge in [0, 0.05) is 5.39 Å². The molecule has 2 heteroatoms. The highest BCUT2D eigenvalue weighted by Crippen LogP contribution is 2.40. The quantitative estimate of drug-likeness (QED) is 0.869. The minimum Gasteiger partial charge on any atom is -0.311 e. The Morgan fingerprint density at radius 2 is 2.06 bits per heavy atom. The van der Waals surface area contributed by atoms with Crippen molar-refractivity contribution in [3.63, 3.8) is 0 Å². The Labute approximate surface area is 102 Å². The molecule has 0 amide bonds. The molecule has 1 saturated carbocycles. The number of aryl methyl sites for hydroxylation is 1. The predicted octanol–water partition coefficient (Wildman–Crippen LogP) is 3.21. The van der Waals surface area contributed by atoms with Crippen LogP contribution in [0.5, 0.6) is 0 Å². The van der Waals surface area contributed by atoms with Crippen molar-refractivity contribution < 1.29 is 0 Å². The number of hydrogen-bond donors (Lipinski definition) is 1. The summed E-state index contributed by atoms with van der Waals surface area (Å²) in [4.78, 5) is 4.81. The zero-order valence-electron chi connectivity index (χ0n) is 10.4. The van der Waals surface area contributed by atoms with Crippen LogP contribution in [0, 0.1) is 12.8 Å². The van der Waals surface area contributed by atoms with Crippen LogP contribution in [-0.2, 0) is 0 Å². The molecular formula is C15H18N2. The fourth-order valence-electron chi connectivity index (χ4n) is 2.59. The van der Waals surface area contributed by atoms with Crippen molar-refractivity contribution in [2.45, 2.75) is 25.8 Å². The lowest BCUT2D eigenvalue weighted by Gasteiger charge is -2.16. The van der Waals surface area contributed by atoms with Gasteiger partial charge >= 0.3 is 0 Å². The lowest BCUT2D eigenvalue weighted by molar-refractivity contribution is 0.517. The Kier molecular flexibility index (Phi) is 2.60. The zero-order valence-corrected chi connectivity index (χ0v) is 10.4. The highest BCUT2D eigenvalue weighted by molar-refractivity contribution is 5.82. The molecule has 1 unspecified atom stereocenters. The molecule has 3 rings (SSSR count). The van der Waals surface area contributed by atoms with Crippen molar-refractivity contribution in [3.05, 3.63) is 41.6 Å². The highest BCUT2D eigenvalue weighted by Gasteiger charge is 2.32. The summed E-state index contributed by atoms with van der Waals surface area (Å²) in [5.74, 6) is 0.785. The van der Waals surface area contributed by atoms with Crippen molar-refractivity contribution in [2.75, 3.05) is 7.05 Å². The first kappa shape index (κ1) is 10.7. The van der Waals surface area contributed by atoms with E-state index < -0.39 is 0 Å². The fourth-order valence-corrected chi connectivity index (χ4v) is 2.59. The van der Waals surface area contributed by atoms with Crippen molar-refractivity contribution in [2.24, 2.45) is 5.92 Å². The van der Waals surface area contributed by atoms with E-state index in [1.165, 1.54) is 29.5 Å². The van der Waals surface area contributed by atoms with E-state index in [4.69, 9.17) is 4.98 Å². The second-order valence-electron chi connectivity index (χ2n) is 4.98. The van der Waals surface area contributed by atoms with Crippen LogP contribution < -0.4 is 5.32 Å². The van der Waals surface area contributed by atoms with Gasteiger partial charge in [-0.15, -0.1) is 0 Å². The minimum atomic E-state index is 0.429. The molecule has 1 aliphatic carbocycles. The zero-order chi connectivity index (χ0) is 11.8. The third kappa shape index (κ3) is 1.93. The van der Waals surface area contributed by atoms with Gasteiger partial charge in [-0.05, 0) is 50.4 Å². The largest absolute Gasteiger partial charge is 0.311 e. The summed E-state index contributed by atoms with van der Waals surface area (Å²) in [6.45, 7) is 2.17. The smallest absolute Gasteiger partial charge is 0.0708 e. The van der Waals surface area contributed by atoms with Crippen molar-refractivity contribution in [1.29, 1.82) is 0 Å². The average Bonchev–Trinajstić information content (AvgIpc) is 3.15. The number of aromatic nitrogens is 1. The summed E-state index contributed by atoms with van der Waals surface area (Å²) in [7, 11) is 2.04. The first-order valence-electron chi connectivity index (χ1n) is 6.33. The fraction of sp³-hybridized carbons (Fsp3) is 0.400. The lowest BCUT2D eigenvalue weighted by atomic mass is 10.0. The van der Waals surface area contributed by atoms with Gasteiger partial charge in [-0.25, -0.2) is 0 Å². The molecule has 2 nitrogen and oxygen atoms in total. The summed E-state index contributed by atoms with van der Waals surface area (Å²) in [5.41, 5.74) is 3.64. The molecule has 88 valence electrons. The van der Waals surface area contributed by atoms with Gasteiger partial charge in [0.15, 0.2) is 0 Å². The van der Waals surface area contributed by atoms with Crippen molar-refractivity contribution in [3.8, 4) is 0 Å². The molecule has 1 atom stereocenters. The number of pyridine rings is 1. The van der Waals surface area contributed by atoms with Crippen LogP contribution in [0.4, 0.5) is 0 Å². The van der Waals surface area contributed by atoms with E-state index in [0.29, 0.717) is 6.04 Å². The van der Waals surface area contributed by atoms with Gasteiger partial charge in [-0.1, -0.05) is 18.2 Å². The van der Waals surface area contributed by atoms with Crippen LogP contribution in [-0.4, -0.2) is 12.0 Å². The second kappa shape index (κ2) is 4.11. The Balaban J connectivity index is 2.10. The molecular weight excluding hydrogens is 208 g/mol. The molecule has 0 bridgehead atoms. The van der Waals surface area contributed by atoms with Gasteiger partial charge in [0.2, 0.25) is 0 Å². The first-order valence-corrected chi connectivity index (χ1v) is 6.33. The topological polar surface area (TPSA) is 24.9 Å². The molecule has 1 aromatic carbocycles.